The van der Waals surface area contributed by atoms with Crippen LogP contribution in [0.2, 0.25) is 0 Å². The van der Waals surface area contributed by atoms with E-state index in [9.17, 15) is 0 Å². The maximum atomic E-state index is 9.13. The van der Waals surface area contributed by atoms with Gasteiger partial charge in [0.25, 0.3) is 0 Å². The fourth-order valence-electron chi connectivity index (χ4n) is 1.26. The van der Waals surface area contributed by atoms with Gasteiger partial charge in [-0.05, 0) is 11.1 Å². The Hall–Kier alpha value is -2.33. The lowest BCUT2D eigenvalue weighted by Gasteiger charge is -1.98. The predicted octanol–water partition coefficient (Wildman–Crippen LogP) is 2.48. The third kappa shape index (κ3) is 4.81. The maximum absolute atomic E-state index is 9.13. The number of nitrogens with one attached hydrogen (secondary N) is 1. The Bertz CT molecular complexity index is 406. The molecule has 2 aromatic carbocycles. The molecule has 0 fully saturated rings. The van der Waals surface area contributed by atoms with E-state index in [0.29, 0.717) is 0 Å². The molecular weight excluding hydrogens is 216 g/mol. The molecule has 0 saturated carbocycles. The quantitative estimate of drug-likeness (QED) is 0.400. The summed E-state index contributed by atoms with van der Waals surface area (Å²) in [5, 5.41) is 7.49. The average molecular weight is 230 g/mol. The van der Waals surface area contributed by atoms with Gasteiger partial charge in [0.2, 0.25) is 0 Å². The molecule has 4 nitrogen and oxygen atoms in total. The van der Waals surface area contributed by atoms with E-state index in [-0.39, 0.29) is 0 Å². The summed E-state index contributed by atoms with van der Waals surface area (Å²) in [6.45, 7) is 0. The zero-order chi connectivity index (χ0) is 12.5. The molecule has 4 heteroatoms. The minimum Gasteiger partial charge on any atom is -0.464 e. The Morgan fingerprint density at radius 3 is 1.41 bits per heavy atom. The van der Waals surface area contributed by atoms with Crippen molar-refractivity contribution in [2.24, 2.45) is 5.84 Å². The number of amides is 1. The second kappa shape index (κ2) is 7.03. The van der Waals surface area contributed by atoms with Gasteiger partial charge in [-0.1, -0.05) is 60.7 Å². The van der Waals surface area contributed by atoms with E-state index in [2.05, 4.69) is 54.4 Å². The third-order valence-electron chi connectivity index (χ3n) is 2.00. The van der Waals surface area contributed by atoms with E-state index in [4.69, 9.17) is 9.90 Å². The molecule has 4 N–H and O–H groups in total. The van der Waals surface area contributed by atoms with Gasteiger partial charge in [0.05, 0.1) is 0 Å². The van der Waals surface area contributed by atoms with Crippen molar-refractivity contribution < 1.29 is 9.90 Å². The van der Waals surface area contributed by atoms with Crippen LogP contribution in [-0.4, -0.2) is 11.2 Å². The van der Waals surface area contributed by atoms with Crippen molar-refractivity contribution in [1.29, 1.82) is 0 Å². The maximum Gasteiger partial charge on any atom is 0.418 e. The van der Waals surface area contributed by atoms with Crippen molar-refractivity contribution in [3.63, 3.8) is 0 Å². The lowest BCUT2D eigenvalue weighted by atomic mass is 10.1. The lowest BCUT2D eigenvalue weighted by molar-refractivity contribution is 0.194. The molecule has 0 saturated heterocycles. The van der Waals surface area contributed by atoms with Crippen LogP contribution in [0.5, 0.6) is 0 Å². The minimum absolute atomic E-state index is 1.22. The van der Waals surface area contributed by atoms with Gasteiger partial charge in [-0.15, -0.1) is 0 Å². The summed E-state index contributed by atoms with van der Waals surface area (Å²) in [4.78, 5) is 9.13. The van der Waals surface area contributed by atoms with Crippen molar-refractivity contribution in [2.75, 3.05) is 0 Å². The zero-order valence-electron chi connectivity index (χ0n) is 9.21. The summed E-state index contributed by atoms with van der Waals surface area (Å²) in [7, 11) is 0. The molecule has 0 aromatic heterocycles. The van der Waals surface area contributed by atoms with E-state index in [1.54, 1.807) is 0 Å². The number of carbonyl (C=O) groups is 1. The number of hydrogen-bond acceptors (Lipinski definition) is 2. The molecule has 1 amide bonds. The summed E-state index contributed by atoms with van der Waals surface area (Å²) in [5.74, 6) is 4.32. The predicted molar refractivity (Wildman–Crippen MR) is 67.2 cm³/mol. The van der Waals surface area contributed by atoms with Crippen LogP contribution in [0, 0.1) is 0 Å². The van der Waals surface area contributed by atoms with Crippen molar-refractivity contribution in [3.05, 3.63) is 60.7 Å². The first-order chi connectivity index (χ1) is 8.24. The number of carboxylic acid groups (broad SMARTS) is 1. The molecule has 88 valence electrons. The minimum atomic E-state index is -1.22. The zero-order valence-corrected chi connectivity index (χ0v) is 9.21. The van der Waals surface area contributed by atoms with Gasteiger partial charge in [-0.2, -0.15) is 0 Å². The summed E-state index contributed by atoms with van der Waals surface area (Å²) < 4.78 is 0. The molecular formula is C13H14N2O2. The van der Waals surface area contributed by atoms with Gasteiger partial charge < -0.3 is 5.11 Å². The van der Waals surface area contributed by atoms with E-state index >= 15 is 0 Å². The van der Waals surface area contributed by atoms with Crippen molar-refractivity contribution in [1.82, 2.24) is 5.43 Å². The van der Waals surface area contributed by atoms with E-state index in [1.165, 1.54) is 16.6 Å². The first-order valence-electron chi connectivity index (χ1n) is 5.04. The van der Waals surface area contributed by atoms with Gasteiger partial charge >= 0.3 is 6.09 Å². The van der Waals surface area contributed by atoms with Crippen LogP contribution >= 0.6 is 0 Å². The Morgan fingerprint density at radius 2 is 1.18 bits per heavy atom. The summed E-state index contributed by atoms with van der Waals surface area (Å²) in [6.07, 6.45) is -1.22. The van der Waals surface area contributed by atoms with Gasteiger partial charge in [0, 0.05) is 0 Å². The molecule has 0 atom stereocenters. The normalized spacial score (nSPS) is 8.76. The Morgan fingerprint density at radius 1 is 0.882 bits per heavy atom. The second-order valence-corrected chi connectivity index (χ2v) is 3.18. The Kier molecular flexibility index (Phi) is 5.27. The molecule has 0 bridgehead atoms. The van der Waals surface area contributed by atoms with Gasteiger partial charge in [-0.25, -0.2) is 10.6 Å². The highest BCUT2D eigenvalue weighted by molar-refractivity contribution is 5.63. The van der Waals surface area contributed by atoms with E-state index < -0.39 is 6.09 Å². The average Bonchev–Trinajstić information content (AvgIpc) is 2.41. The Labute approximate surface area is 99.7 Å². The van der Waals surface area contributed by atoms with Gasteiger partial charge in [0.15, 0.2) is 0 Å². The van der Waals surface area contributed by atoms with Crippen LogP contribution in [0.25, 0.3) is 11.1 Å². The molecule has 17 heavy (non-hydrogen) atoms. The highest BCUT2D eigenvalue weighted by Gasteiger charge is 1.91. The van der Waals surface area contributed by atoms with Crippen LogP contribution in [0.1, 0.15) is 0 Å². The number of hydrogen-bond donors (Lipinski definition) is 3. The standard InChI is InChI=1S/C12H10.CH4N2O2/c1-3-7-11(8-4-1)12-9-5-2-6-10-12;2-3-1(4)5/h1-10H;3H,2H2,(H,4,5). The van der Waals surface area contributed by atoms with Gasteiger partial charge in [-0.3, -0.25) is 5.43 Å². The summed E-state index contributed by atoms with van der Waals surface area (Å²) >= 11 is 0. The van der Waals surface area contributed by atoms with Gasteiger partial charge in [0.1, 0.15) is 0 Å². The topological polar surface area (TPSA) is 75.3 Å². The number of nitrogens with two attached hydrogens (primary N) is 1. The van der Waals surface area contributed by atoms with Crippen molar-refractivity contribution >= 4 is 6.09 Å². The Balaban J connectivity index is 0.000000249. The van der Waals surface area contributed by atoms with Crippen LogP contribution in [0.15, 0.2) is 60.7 Å². The van der Waals surface area contributed by atoms with E-state index in [0.717, 1.165) is 0 Å². The molecule has 0 aliphatic heterocycles. The first-order valence-corrected chi connectivity index (χ1v) is 5.04. The van der Waals surface area contributed by atoms with Crippen LogP contribution in [-0.2, 0) is 0 Å². The number of benzene rings is 2. The smallest absolute Gasteiger partial charge is 0.418 e. The van der Waals surface area contributed by atoms with E-state index in [1.807, 2.05) is 12.1 Å². The molecule has 0 spiro atoms. The molecule has 2 aromatic rings. The molecule has 0 heterocycles. The first kappa shape index (κ1) is 12.7. The van der Waals surface area contributed by atoms with Crippen LogP contribution in [0.3, 0.4) is 0 Å². The highest BCUT2D eigenvalue weighted by atomic mass is 16.4. The number of rotatable bonds is 1. The fraction of sp³-hybridized carbons (Fsp3) is 0. The largest absolute Gasteiger partial charge is 0.464 e. The van der Waals surface area contributed by atoms with Crippen molar-refractivity contribution in [3.8, 4) is 11.1 Å². The molecule has 0 unspecified atom stereocenters. The summed E-state index contributed by atoms with van der Waals surface area (Å²) in [6, 6.07) is 20.8. The summed E-state index contributed by atoms with van der Waals surface area (Å²) in [5.41, 5.74) is 4.00. The fourth-order valence-corrected chi connectivity index (χ4v) is 1.26. The van der Waals surface area contributed by atoms with Crippen LogP contribution in [0.4, 0.5) is 4.79 Å². The lowest BCUT2D eigenvalue weighted by Crippen LogP contribution is -2.27. The molecule has 0 aliphatic rings. The SMILES string of the molecule is NNC(=O)O.c1ccc(-c2ccccc2)cc1. The highest BCUT2D eigenvalue weighted by Crippen LogP contribution is 2.17. The van der Waals surface area contributed by atoms with Crippen LogP contribution < -0.4 is 11.3 Å². The molecule has 0 aliphatic carbocycles. The monoisotopic (exact) mass is 230 g/mol. The number of hydrazine groups is 1. The third-order valence-corrected chi connectivity index (χ3v) is 2.00. The van der Waals surface area contributed by atoms with Crippen molar-refractivity contribution in [2.45, 2.75) is 0 Å². The molecule has 2 rings (SSSR count). The second-order valence-electron chi connectivity index (χ2n) is 3.18. The molecule has 0 radical (unpaired) electrons.